The fraction of sp³-hybridized carbons (Fsp3) is 0.118. The lowest BCUT2D eigenvalue weighted by Crippen LogP contribution is -2.10. The summed E-state index contributed by atoms with van der Waals surface area (Å²) in [5, 5.41) is 0.217. The van der Waals surface area contributed by atoms with E-state index < -0.39 is 24.6 Å². The standard InChI is InChI=1S/C17H11F3N2O3/c18-8-14(23)9-1-3-10(4-2-9)15-21-13-7-11(25-17(19)20)5-6-12(13)16(24)22-15/h1-7,17H,8H2,(H,21,22,24). The summed E-state index contributed by atoms with van der Waals surface area (Å²) in [5.41, 5.74) is 0.407. The number of ether oxygens (including phenoxy) is 1. The maximum atomic E-state index is 12.4. The van der Waals surface area contributed by atoms with Gasteiger partial charge in [0.2, 0.25) is 0 Å². The molecule has 1 aromatic heterocycles. The molecule has 0 radical (unpaired) electrons. The monoisotopic (exact) mass is 348 g/mol. The summed E-state index contributed by atoms with van der Waals surface area (Å²) < 4.78 is 41.3. The van der Waals surface area contributed by atoms with Gasteiger partial charge in [-0.3, -0.25) is 9.59 Å². The zero-order valence-corrected chi connectivity index (χ0v) is 12.6. The molecule has 0 unspecified atom stereocenters. The van der Waals surface area contributed by atoms with Crippen LogP contribution in [0.3, 0.4) is 0 Å². The predicted octanol–water partition coefficient (Wildman–Crippen LogP) is 3.34. The van der Waals surface area contributed by atoms with Crippen LogP contribution >= 0.6 is 0 Å². The van der Waals surface area contributed by atoms with Crippen LogP contribution in [-0.4, -0.2) is 29.0 Å². The molecule has 0 saturated carbocycles. The number of aromatic nitrogens is 2. The molecule has 0 amide bonds. The molecule has 0 aliphatic carbocycles. The van der Waals surface area contributed by atoms with Crippen molar-refractivity contribution in [3.05, 3.63) is 58.4 Å². The third-order valence-corrected chi connectivity index (χ3v) is 3.50. The van der Waals surface area contributed by atoms with Gasteiger partial charge in [0.25, 0.3) is 5.56 Å². The number of nitrogens with one attached hydrogen (secondary N) is 1. The molecule has 5 nitrogen and oxygen atoms in total. The van der Waals surface area contributed by atoms with Crippen LogP contribution in [0.2, 0.25) is 0 Å². The number of aromatic amines is 1. The Kier molecular flexibility index (Phi) is 4.51. The van der Waals surface area contributed by atoms with Crippen molar-refractivity contribution in [2.24, 2.45) is 0 Å². The first-order valence-electron chi connectivity index (χ1n) is 7.16. The first-order valence-corrected chi connectivity index (χ1v) is 7.16. The van der Waals surface area contributed by atoms with E-state index in [1.165, 1.54) is 42.5 Å². The molecule has 0 spiro atoms. The highest BCUT2D eigenvalue weighted by atomic mass is 19.3. The molecule has 1 N–H and O–H groups in total. The molecular weight excluding hydrogens is 337 g/mol. The Labute approximate surface area is 139 Å². The van der Waals surface area contributed by atoms with Crippen molar-refractivity contribution in [3.8, 4) is 17.1 Å². The van der Waals surface area contributed by atoms with E-state index >= 15 is 0 Å². The van der Waals surface area contributed by atoms with Crippen LogP contribution in [-0.2, 0) is 0 Å². The van der Waals surface area contributed by atoms with Gasteiger partial charge < -0.3 is 9.72 Å². The Morgan fingerprint density at radius 2 is 1.88 bits per heavy atom. The van der Waals surface area contributed by atoms with Crippen molar-refractivity contribution in [2.45, 2.75) is 6.61 Å². The fourth-order valence-corrected chi connectivity index (χ4v) is 2.32. The van der Waals surface area contributed by atoms with E-state index in [9.17, 15) is 22.8 Å². The predicted molar refractivity (Wildman–Crippen MR) is 84.7 cm³/mol. The normalized spacial score (nSPS) is 11.0. The minimum atomic E-state index is -2.99. The van der Waals surface area contributed by atoms with Gasteiger partial charge in [-0.2, -0.15) is 8.78 Å². The molecule has 2 aromatic carbocycles. The van der Waals surface area contributed by atoms with E-state index in [0.717, 1.165) is 0 Å². The highest BCUT2D eigenvalue weighted by molar-refractivity contribution is 5.97. The third kappa shape index (κ3) is 3.52. The summed E-state index contributed by atoms with van der Waals surface area (Å²) in [7, 11) is 0. The molecule has 0 atom stereocenters. The molecule has 128 valence electrons. The zero-order chi connectivity index (χ0) is 18.0. The van der Waals surface area contributed by atoms with Crippen molar-refractivity contribution in [3.63, 3.8) is 0 Å². The summed E-state index contributed by atoms with van der Waals surface area (Å²) in [5.74, 6) is -0.582. The van der Waals surface area contributed by atoms with Crippen LogP contribution < -0.4 is 10.3 Å². The summed E-state index contributed by atoms with van der Waals surface area (Å²) in [6.45, 7) is -4.09. The van der Waals surface area contributed by atoms with Crippen molar-refractivity contribution in [1.82, 2.24) is 9.97 Å². The SMILES string of the molecule is O=C(CF)c1ccc(-c2nc3cc(OC(F)F)ccc3c(=O)[nH]2)cc1. The van der Waals surface area contributed by atoms with E-state index in [1.54, 1.807) is 0 Å². The summed E-state index contributed by atoms with van der Waals surface area (Å²) >= 11 is 0. The summed E-state index contributed by atoms with van der Waals surface area (Å²) in [6.07, 6.45) is 0. The second-order valence-corrected chi connectivity index (χ2v) is 5.11. The van der Waals surface area contributed by atoms with Crippen molar-refractivity contribution in [2.75, 3.05) is 6.67 Å². The maximum absolute atomic E-state index is 12.4. The molecule has 0 aliphatic rings. The Balaban J connectivity index is 2.04. The minimum Gasteiger partial charge on any atom is -0.435 e. The number of benzene rings is 2. The Morgan fingerprint density at radius 3 is 2.52 bits per heavy atom. The molecule has 0 fully saturated rings. The van der Waals surface area contributed by atoms with Crippen molar-refractivity contribution < 1.29 is 22.7 Å². The number of hydrogen-bond acceptors (Lipinski definition) is 4. The lowest BCUT2D eigenvalue weighted by Gasteiger charge is -2.07. The van der Waals surface area contributed by atoms with Gasteiger partial charge in [-0.25, -0.2) is 9.37 Å². The van der Waals surface area contributed by atoms with Gasteiger partial charge in [0.05, 0.1) is 10.9 Å². The van der Waals surface area contributed by atoms with E-state index in [1.807, 2.05) is 0 Å². The summed E-state index contributed by atoms with van der Waals surface area (Å²) in [4.78, 5) is 30.2. The number of H-pyrrole nitrogens is 1. The number of rotatable bonds is 5. The minimum absolute atomic E-state index is 0.115. The van der Waals surface area contributed by atoms with E-state index in [-0.39, 0.29) is 28.0 Å². The molecule has 1 heterocycles. The van der Waals surface area contributed by atoms with Crippen molar-refractivity contribution in [1.29, 1.82) is 0 Å². The summed E-state index contributed by atoms with van der Waals surface area (Å²) in [6, 6.07) is 9.67. The average molecular weight is 348 g/mol. The number of nitrogens with zero attached hydrogens (tertiary/aromatic N) is 1. The first kappa shape index (κ1) is 16.7. The van der Waals surface area contributed by atoms with Gasteiger partial charge in [0.15, 0.2) is 12.5 Å². The zero-order valence-electron chi connectivity index (χ0n) is 12.6. The van der Waals surface area contributed by atoms with Crippen LogP contribution in [0.15, 0.2) is 47.3 Å². The van der Waals surface area contributed by atoms with Gasteiger partial charge in [0, 0.05) is 17.2 Å². The fourth-order valence-electron chi connectivity index (χ4n) is 2.32. The molecular formula is C17H11F3N2O3. The van der Waals surface area contributed by atoms with E-state index in [4.69, 9.17) is 0 Å². The Hall–Kier alpha value is -3.16. The molecule has 8 heteroatoms. The number of Topliss-reactive ketones (excluding diaryl/α,β-unsaturated/α-hetero) is 1. The van der Waals surface area contributed by atoms with Crippen LogP contribution in [0.4, 0.5) is 13.2 Å². The second-order valence-electron chi connectivity index (χ2n) is 5.11. The van der Waals surface area contributed by atoms with Crippen LogP contribution in [0.1, 0.15) is 10.4 Å². The molecule has 3 rings (SSSR count). The maximum Gasteiger partial charge on any atom is 0.387 e. The number of carbonyl (C=O) groups excluding carboxylic acids is 1. The van der Waals surface area contributed by atoms with Crippen LogP contribution in [0.25, 0.3) is 22.3 Å². The smallest absolute Gasteiger partial charge is 0.387 e. The topological polar surface area (TPSA) is 72.0 Å². The number of alkyl halides is 3. The average Bonchev–Trinajstić information content (AvgIpc) is 2.60. The molecule has 0 saturated heterocycles. The van der Waals surface area contributed by atoms with Gasteiger partial charge in [-0.1, -0.05) is 24.3 Å². The van der Waals surface area contributed by atoms with Gasteiger partial charge >= 0.3 is 6.61 Å². The third-order valence-electron chi connectivity index (χ3n) is 3.50. The lowest BCUT2D eigenvalue weighted by molar-refractivity contribution is -0.0497. The quantitative estimate of drug-likeness (QED) is 0.718. The molecule has 0 aliphatic heterocycles. The number of halogens is 3. The largest absolute Gasteiger partial charge is 0.435 e. The molecule has 3 aromatic rings. The highest BCUT2D eigenvalue weighted by Gasteiger charge is 2.11. The number of carbonyl (C=O) groups is 1. The second kappa shape index (κ2) is 6.76. The van der Waals surface area contributed by atoms with Gasteiger partial charge in [-0.15, -0.1) is 0 Å². The first-order chi connectivity index (χ1) is 12.0. The van der Waals surface area contributed by atoms with Crippen LogP contribution in [0, 0.1) is 0 Å². The van der Waals surface area contributed by atoms with Gasteiger partial charge in [-0.05, 0) is 12.1 Å². The number of fused-ring (bicyclic) bond motifs is 1. The van der Waals surface area contributed by atoms with Crippen molar-refractivity contribution >= 4 is 16.7 Å². The van der Waals surface area contributed by atoms with E-state index in [2.05, 4.69) is 14.7 Å². The van der Waals surface area contributed by atoms with Crippen LogP contribution in [0.5, 0.6) is 5.75 Å². The highest BCUT2D eigenvalue weighted by Crippen LogP contribution is 2.22. The molecule has 0 bridgehead atoms. The van der Waals surface area contributed by atoms with Gasteiger partial charge in [0.1, 0.15) is 11.6 Å². The Bertz CT molecular complexity index is 985. The van der Waals surface area contributed by atoms with E-state index in [0.29, 0.717) is 5.56 Å². The Morgan fingerprint density at radius 1 is 1.16 bits per heavy atom. The number of ketones is 1. The lowest BCUT2D eigenvalue weighted by atomic mass is 10.1. The molecule has 25 heavy (non-hydrogen) atoms. The number of hydrogen-bond donors (Lipinski definition) is 1.